The smallest absolute Gasteiger partial charge is 0.118 e. The predicted molar refractivity (Wildman–Crippen MR) is 92.6 cm³/mol. The van der Waals surface area contributed by atoms with Crippen LogP contribution in [-0.2, 0) is 16.1 Å². The number of ether oxygens (including phenoxy) is 3. The third-order valence-corrected chi connectivity index (χ3v) is 4.16. The van der Waals surface area contributed by atoms with Crippen molar-refractivity contribution < 1.29 is 19.3 Å². The van der Waals surface area contributed by atoms with Crippen molar-refractivity contribution in [2.75, 3.05) is 14.2 Å². The van der Waals surface area contributed by atoms with Crippen LogP contribution in [0.25, 0.3) is 0 Å². The van der Waals surface area contributed by atoms with Gasteiger partial charge in [0, 0.05) is 13.0 Å². The summed E-state index contributed by atoms with van der Waals surface area (Å²) in [6.45, 7) is 10.4. The summed E-state index contributed by atoms with van der Waals surface area (Å²) in [6, 6.07) is 7.80. The first-order chi connectivity index (χ1) is 10.9. The van der Waals surface area contributed by atoms with E-state index in [1.807, 2.05) is 31.2 Å². The lowest BCUT2D eigenvalue weighted by molar-refractivity contribution is -0.0914. The van der Waals surface area contributed by atoms with Crippen LogP contribution in [-0.4, -0.2) is 37.6 Å². The molecule has 0 bridgehead atoms. The van der Waals surface area contributed by atoms with Crippen molar-refractivity contribution in [3.05, 3.63) is 42.5 Å². The maximum Gasteiger partial charge on any atom is 0.118 e. The number of hydrogen-bond acceptors (Lipinski definition) is 4. The fourth-order valence-electron chi connectivity index (χ4n) is 2.73. The van der Waals surface area contributed by atoms with Crippen LogP contribution in [0.15, 0.2) is 36.9 Å². The van der Waals surface area contributed by atoms with E-state index in [1.54, 1.807) is 20.3 Å². The molecule has 0 amide bonds. The lowest BCUT2D eigenvalue weighted by Gasteiger charge is -2.33. The average molecular weight is 322 g/mol. The Morgan fingerprint density at radius 3 is 2.17 bits per heavy atom. The van der Waals surface area contributed by atoms with Gasteiger partial charge in [0.05, 0.1) is 25.9 Å². The van der Waals surface area contributed by atoms with Crippen molar-refractivity contribution in [3.63, 3.8) is 0 Å². The number of methoxy groups -OCH3 is 2. The Kier molecular flexibility index (Phi) is 8.31. The van der Waals surface area contributed by atoms with Crippen molar-refractivity contribution in [2.45, 2.75) is 45.7 Å². The zero-order valence-corrected chi connectivity index (χ0v) is 14.9. The van der Waals surface area contributed by atoms with Gasteiger partial charge in [-0.15, -0.1) is 6.58 Å². The molecule has 0 radical (unpaired) electrons. The van der Waals surface area contributed by atoms with Crippen LogP contribution in [0.5, 0.6) is 5.75 Å². The standard InChI is InChI=1S/C19H30O4/c1-7-17(22-6)18(20)14(4)19(13(2)3)23-12-15-8-10-16(21-5)11-9-15/h7-11,13-14,17-20H,1,12H2,2-6H3/t14-,17+,18-,19+/m0/s1. The Balaban J connectivity index is 2.71. The van der Waals surface area contributed by atoms with E-state index in [0.717, 1.165) is 11.3 Å². The second kappa shape index (κ2) is 9.71. The van der Waals surface area contributed by atoms with Gasteiger partial charge in [0.15, 0.2) is 0 Å². The number of rotatable bonds is 10. The maximum absolute atomic E-state index is 10.5. The van der Waals surface area contributed by atoms with E-state index in [4.69, 9.17) is 14.2 Å². The molecule has 4 nitrogen and oxygen atoms in total. The van der Waals surface area contributed by atoms with Crippen LogP contribution in [0.2, 0.25) is 0 Å². The van der Waals surface area contributed by atoms with Crippen molar-refractivity contribution in [1.82, 2.24) is 0 Å². The molecule has 23 heavy (non-hydrogen) atoms. The highest BCUT2D eigenvalue weighted by Crippen LogP contribution is 2.24. The molecule has 0 spiro atoms. The summed E-state index contributed by atoms with van der Waals surface area (Å²) in [7, 11) is 3.22. The third-order valence-electron chi connectivity index (χ3n) is 4.16. The second-order valence-corrected chi connectivity index (χ2v) is 6.15. The Bertz CT molecular complexity index is 455. The molecule has 0 saturated heterocycles. The molecular formula is C19H30O4. The monoisotopic (exact) mass is 322 g/mol. The third kappa shape index (κ3) is 5.65. The molecule has 0 aliphatic carbocycles. The molecule has 4 heteroatoms. The predicted octanol–water partition coefficient (Wildman–Crippen LogP) is 3.43. The van der Waals surface area contributed by atoms with E-state index in [-0.39, 0.29) is 17.9 Å². The Labute approximate surface area is 140 Å². The van der Waals surface area contributed by atoms with Gasteiger partial charge in [-0.25, -0.2) is 0 Å². The molecule has 0 aromatic heterocycles. The minimum atomic E-state index is -0.652. The first-order valence-corrected chi connectivity index (χ1v) is 8.02. The quantitative estimate of drug-likeness (QED) is 0.670. The van der Waals surface area contributed by atoms with E-state index in [1.165, 1.54) is 0 Å². The van der Waals surface area contributed by atoms with Gasteiger partial charge in [-0.2, -0.15) is 0 Å². The normalized spacial score (nSPS) is 16.7. The fourth-order valence-corrected chi connectivity index (χ4v) is 2.73. The molecule has 1 rings (SSSR count). The molecule has 4 atom stereocenters. The lowest BCUT2D eigenvalue weighted by atomic mass is 9.87. The van der Waals surface area contributed by atoms with E-state index in [9.17, 15) is 5.11 Å². The van der Waals surface area contributed by atoms with Gasteiger partial charge in [-0.3, -0.25) is 0 Å². The van der Waals surface area contributed by atoms with Gasteiger partial charge < -0.3 is 19.3 Å². The summed E-state index contributed by atoms with van der Waals surface area (Å²) in [4.78, 5) is 0. The van der Waals surface area contributed by atoms with Gasteiger partial charge in [-0.05, 0) is 23.6 Å². The molecule has 1 N–H and O–H groups in total. The summed E-state index contributed by atoms with van der Waals surface area (Å²) >= 11 is 0. The molecule has 0 saturated carbocycles. The number of hydrogen-bond donors (Lipinski definition) is 1. The zero-order valence-electron chi connectivity index (χ0n) is 14.9. The molecular weight excluding hydrogens is 292 g/mol. The summed E-state index contributed by atoms with van der Waals surface area (Å²) in [6.07, 6.45) is 0.503. The first-order valence-electron chi connectivity index (χ1n) is 8.02. The summed E-state index contributed by atoms with van der Waals surface area (Å²) < 4.78 is 16.5. The van der Waals surface area contributed by atoms with Gasteiger partial charge in [-0.1, -0.05) is 39.0 Å². The van der Waals surface area contributed by atoms with Crippen molar-refractivity contribution in [1.29, 1.82) is 0 Å². The Morgan fingerprint density at radius 2 is 1.74 bits per heavy atom. The summed E-state index contributed by atoms with van der Waals surface area (Å²) in [5.74, 6) is 1.03. The fraction of sp³-hybridized carbons (Fsp3) is 0.579. The maximum atomic E-state index is 10.5. The van der Waals surface area contributed by atoms with Crippen molar-refractivity contribution in [3.8, 4) is 5.75 Å². The molecule has 1 aromatic carbocycles. The molecule has 0 aliphatic rings. The summed E-state index contributed by atoms with van der Waals surface area (Å²) in [5.41, 5.74) is 1.07. The van der Waals surface area contributed by atoms with Crippen LogP contribution in [0, 0.1) is 11.8 Å². The molecule has 0 aliphatic heterocycles. The number of benzene rings is 1. The highest BCUT2D eigenvalue weighted by Gasteiger charge is 2.31. The Morgan fingerprint density at radius 1 is 1.13 bits per heavy atom. The first kappa shape index (κ1) is 19.7. The van der Waals surface area contributed by atoms with E-state index in [2.05, 4.69) is 20.4 Å². The second-order valence-electron chi connectivity index (χ2n) is 6.15. The number of aliphatic hydroxyl groups is 1. The molecule has 1 aromatic rings. The van der Waals surface area contributed by atoms with Crippen LogP contribution >= 0.6 is 0 Å². The largest absolute Gasteiger partial charge is 0.497 e. The average Bonchev–Trinajstić information content (AvgIpc) is 2.56. The van der Waals surface area contributed by atoms with Gasteiger partial charge in [0.25, 0.3) is 0 Å². The molecule has 0 fully saturated rings. The highest BCUT2D eigenvalue weighted by atomic mass is 16.5. The Hall–Kier alpha value is -1.36. The van der Waals surface area contributed by atoms with E-state index >= 15 is 0 Å². The molecule has 0 unspecified atom stereocenters. The van der Waals surface area contributed by atoms with Crippen LogP contribution in [0.4, 0.5) is 0 Å². The van der Waals surface area contributed by atoms with Crippen LogP contribution in [0.3, 0.4) is 0 Å². The lowest BCUT2D eigenvalue weighted by Crippen LogP contribution is -2.41. The van der Waals surface area contributed by atoms with E-state index < -0.39 is 12.2 Å². The number of aliphatic hydroxyl groups excluding tert-OH is 1. The molecule has 0 heterocycles. The van der Waals surface area contributed by atoms with E-state index in [0.29, 0.717) is 6.61 Å². The van der Waals surface area contributed by atoms with Crippen molar-refractivity contribution >= 4 is 0 Å². The van der Waals surface area contributed by atoms with Gasteiger partial charge >= 0.3 is 0 Å². The minimum absolute atomic E-state index is 0.0730. The van der Waals surface area contributed by atoms with Crippen LogP contribution < -0.4 is 4.74 Å². The summed E-state index contributed by atoms with van der Waals surface area (Å²) in [5, 5.41) is 10.5. The SMILES string of the molecule is C=C[C@@H](OC)[C@@H](O)[C@H](C)[C@H](OCc1ccc(OC)cc1)C(C)C. The minimum Gasteiger partial charge on any atom is -0.497 e. The molecule has 130 valence electrons. The highest BCUT2D eigenvalue weighted by molar-refractivity contribution is 5.26. The van der Waals surface area contributed by atoms with Crippen LogP contribution in [0.1, 0.15) is 26.3 Å². The van der Waals surface area contributed by atoms with Crippen molar-refractivity contribution in [2.24, 2.45) is 11.8 Å². The van der Waals surface area contributed by atoms with Gasteiger partial charge in [0.1, 0.15) is 11.9 Å². The topological polar surface area (TPSA) is 47.9 Å². The zero-order chi connectivity index (χ0) is 17.4. The van der Waals surface area contributed by atoms with Gasteiger partial charge in [0.2, 0.25) is 0 Å².